The molecule has 0 unspecified atom stereocenters. The number of hydrogen-bond donors (Lipinski definition) is 0. The van der Waals surface area contributed by atoms with Gasteiger partial charge >= 0.3 is 0 Å². The van der Waals surface area contributed by atoms with Gasteiger partial charge in [0.2, 0.25) is 0 Å². The van der Waals surface area contributed by atoms with Gasteiger partial charge in [-0.05, 0) is 47.7 Å². The Hall–Kier alpha value is -1.27. The lowest BCUT2D eigenvalue weighted by Gasteiger charge is -2.11. The molecular formula is C15H15Cl. The number of aryl methyl sites for hydroxylation is 1. The van der Waals surface area contributed by atoms with Crippen molar-refractivity contribution in [1.29, 1.82) is 0 Å². The highest BCUT2D eigenvalue weighted by atomic mass is 35.5. The molecule has 0 fully saturated rings. The lowest BCUT2D eigenvalue weighted by molar-refractivity contribution is 1.11. The van der Waals surface area contributed by atoms with Gasteiger partial charge in [-0.25, -0.2) is 0 Å². The van der Waals surface area contributed by atoms with E-state index in [1.165, 1.54) is 22.3 Å². The largest absolute Gasteiger partial charge is 0.0843 e. The van der Waals surface area contributed by atoms with Crippen molar-refractivity contribution in [1.82, 2.24) is 0 Å². The SMILES string of the molecule is CCc1c(C)cccc1-c1ccc(Cl)cc1. The van der Waals surface area contributed by atoms with E-state index in [1.807, 2.05) is 12.1 Å². The molecule has 82 valence electrons. The Balaban J connectivity index is 2.55. The van der Waals surface area contributed by atoms with Gasteiger partial charge in [-0.1, -0.05) is 48.9 Å². The molecule has 0 amide bonds. The predicted molar refractivity (Wildman–Crippen MR) is 71.0 cm³/mol. The third-order valence-corrected chi connectivity index (χ3v) is 3.17. The molecule has 16 heavy (non-hydrogen) atoms. The Bertz CT molecular complexity index is 483. The topological polar surface area (TPSA) is 0 Å². The van der Waals surface area contributed by atoms with E-state index in [0.717, 1.165) is 11.4 Å². The van der Waals surface area contributed by atoms with Crippen LogP contribution >= 0.6 is 11.6 Å². The minimum Gasteiger partial charge on any atom is -0.0843 e. The van der Waals surface area contributed by atoms with Crippen LogP contribution in [0.3, 0.4) is 0 Å². The molecule has 0 N–H and O–H groups in total. The zero-order chi connectivity index (χ0) is 11.5. The van der Waals surface area contributed by atoms with Crippen LogP contribution in [0.2, 0.25) is 5.02 Å². The zero-order valence-corrected chi connectivity index (χ0v) is 10.4. The average molecular weight is 231 g/mol. The van der Waals surface area contributed by atoms with Gasteiger partial charge in [0, 0.05) is 5.02 Å². The molecule has 1 heteroatoms. The molecule has 0 aliphatic rings. The summed E-state index contributed by atoms with van der Waals surface area (Å²) in [5.74, 6) is 0. The summed E-state index contributed by atoms with van der Waals surface area (Å²) in [6.07, 6.45) is 1.06. The number of rotatable bonds is 2. The highest BCUT2D eigenvalue weighted by molar-refractivity contribution is 6.30. The molecule has 0 aromatic heterocycles. The van der Waals surface area contributed by atoms with Crippen molar-refractivity contribution in [3.8, 4) is 11.1 Å². The van der Waals surface area contributed by atoms with E-state index in [4.69, 9.17) is 11.6 Å². The second kappa shape index (κ2) is 4.71. The van der Waals surface area contributed by atoms with Crippen LogP contribution in [0, 0.1) is 6.92 Å². The Morgan fingerprint density at radius 1 is 1.00 bits per heavy atom. The van der Waals surface area contributed by atoms with Crippen LogP contribution in [0.25, 0.3) is 11.1 Å². The molecule has 0 nitrogen and oxygen atoms in total. The summed E-state index contributed by atoms with van der Waals surface area (Å²) in [5.41, 5.74) is 5.34. The minimum absolute atomic E-state index is 0.787. The van der Waals surface area contributed by atoms with Crippen LogP contribution in [-0.2, 0) is 6.42 Å². The Morgan fingerprint density at radius 2 is 1.69 bits per heavy atom. The molecule has 0 radical (unpaired) electrons. The average Bonchev–Trinajstić information content (AvgIpc) is 2.30. The third-order valence-electron chi connectivity index (χ3n) is 2.92. The van der Waals surface area contributed by atoms with Gasteiger partial charge in [0.05, 0.1) is 0 Å². The lowest BCUT2D eigenvalue weighted by Crippen LogP contribution is -1.91. The van der Waals surface area contributed by atoms with E-state index in [0.29, 0.717) is 0 Å². The molecule has 0 aliphatic heterocycles. The van der Waals surface area contributed by atoms with Gasteiger partial charge in [0.1, 0.15) is 0 Å². The van der Waals surface area contributed by atoms with Crippen LogP contribution in [0.5, 0.6) is 0 Å². The van der Waals surface area contributed by atoms with Gasteiger partial charge in [-0.15, -0.1) is 0 Å². The van der Waals surface area contributed by atoms with Gasteiger partial charge in [0.15, 0.2) is 0 Å². The van der Waals surface area contributed by atoms with Crippen molar-refractivity contribution in [2.24, 2.45) is 0 Å². The lowest BCUT2D eigenvalue weighted by atomic mass is 9.94. The first kappa shape index (κ1) is 11.2. The summed E-state index contributed by atoms with van der Waals surface area (Å²) in [6.45, 7) is 4.36. The van der Waals surface area contributed by atoms with E-state index in [1.54, 1.807) is 0 Å². The maximum absolute atomic E-state index is 5.90. The number of hydrogen-bond acceptors (Lipinski definition) is 0. The van der Waals surface area contributed by atoms with Crippen molar-refractivity contribution in [2.75, 3.05) is 0 Å². The maximum Gasteiger partial charge on any atom is 0.0406 e. The van der Waals surface area contributed by atoms with Crippen molar-refractivity contribution in [2.45, 2.75) is 20.3 Å². The second-order valence-electron chi connectivity index (χ2n) is 3.96. The quantitative estimate of drug-likeness (QED) is 0.690. The molecule has 0 aliphatic carbocycles. The van der Waals surface area contributed by atoms with E-state index >= 15 is 0 Å². The normalized spacial score (nSPS) is 10.4. The predicted octanol–water partition coefficient (Wildman–Crippen LogP) is 4.88. The zero-order valence-electron chi connectivity index (χ0n) is 9.63. The summed E-state index contributed by atoms with van der Waals surface area (Å²) in [6, 6.07) is 14.5. The standard InChI is InChI=1S/C15H15Cl/c1-3-14-11(2)5-4-6-15(14)12-7-9-13(16)10-8-12/h4-10H,3H2,1-2H3. The van der Waals surface area contributed by atoms with Gasteiger partial charge < -0.3 is 0 Å². The molecule has 0 atom stereocenters. The highest BCUT2D eigenvalue weighted by Gasteiger charge is 2.05. The highest BCUT2D eigenvalue weighted by Crippen LogP contribution is 2.27. The van der Waals surface area contributed by atoms with E-state index in [2.05, 4.69) is 44.2 Å². The third kappa shape index (κ3) is 2.12. The summed E-state index contributed by atoms with van der Waals surface area (Å²) < 4.78 is 0. The van der Waals surface area contributed by atoms with Gasteiger partial charge in [-0.3, -0.25) is 0 Å². The monoisotopic (exact) mass is 230 g/mol. The first-order valence-electron chi connectivity index (χ1n) is 5.57. The molecule has 0 spiro atoms. The van der Waals surface area contributed by atoms with Crippen molar-refractivity contribution < 1.29 is 0 Å². The van der Waals surface area contributed by atoms with Crippen LogP contribution in [0.1, 0.15) is 18.1 Å². The fourth-order valence-electron chi connectivity index (χ4n) is 2.07. The first-order valence-corrected chi connectivity index (χ1v) is 5.94. The molecule has 2 aromatic rings. The number of halogens is 1. The Labute approximate surface area is 102 Å². The van der Waals surface area contributed by atoms with Crippen LogP contribution < -0.4 is 0 Å². The van der Waals surface area contributed by atoms with E-state index in [-0.39, 0.29) is 0 Å². The van der Waals surface area contributed by atoms with Gasteiger partial charge in [-0.2, -0.15) is 0 Å². The molecule has 0 saturated heterocycles. The van der Waals surface area contributed by atoms with Crippen LogP contribution in [-0.4, -0.2) is 0 Å². The summed E-state index contributed by atoms with van der Waals surface area (Å²) in [5, 5.41) is 0.787. The Morgan fingerprint density at radius 3 is 2.31 bits per heavy atom. The summed E-state index contributed by atoms with van der Waals surface area (Å²) in [7, 11) is 0. The molecule has 0 bridgehead atoms. The smallest absolute Gasteiger partial charge is 0.0406 e. The molecular weight excluding hydrogens is 216 g/mol. The fourth-order valence-corrected chi connectivity index (χ4v) is 2.20. The Kier molecular flexibility index (Phi) is 3.31. The van der Waals surface area contributed by atoms with E-state index < -0.39 is 0 Å². The van der Waals surface area contributed by atoms with Crippen LogP contribution in [0.4, 0.5) is 0 Å². The molecule has 2 aromatic carbocycles. The van der Waals surface area contributed by atoms with E-state index in [9.17, 15) is 0 Å². The minimum atomic E-state index is 0.787. The van der Waals surface area contributed by atoms with Crippen molar-refractivity contribution >= 4 is 11.6 Å². The van der Waals surface area contributed by atoms with Crippen molar-refractivity contribution in [3.63, 3.8) is 0 Å². The van der Waals surface area contributed by atoms with Gasteiger partial charge in [0.25, 0.3) is 0 Å². The number of benzene rings is 2. The summed E-state index contributed by atoms with van der Waals surface area (Å²) >= 11 is 5.90. The molecule has 2 rings (SSSR count). The fraction of sp³-hybridized carbons (Fsp3) is 0.200. The summed E-state index contributed by atoms with van der Waals surface area (Å²) in [4.78, 5) is 0. The molecule has 0 heterocycles. The maximum atomic E-state index is 5.90. The first-order chi connectivity index (χ1) is 7.72. The molecule has 0 saturated carbocycles. The second-order valence-corrected chi connectivity index (χ2v) is 4.40. The van der Waals surface area contributed by atoms with Crippen molar-refractivity contribution in [3.05, 3.63) is 58.6 Å². The van der Waals surface area contributed by atoms with Crippen LogP contribution in [0.15, 0.2) is 42.5 Å².